The summed E-state index contributed by atoms with van der Waals surface area (Å²) in [4.78, 5) is 0. The highest BCUT2D eigenvalue weighted by atomic mass is 14.4. The molecule has 1 unspecified atom stereocenters. The molecule has 0 nitrogen and oxygen atoms in total. The molecule has 0 N–H and O–H groups in total. The summed E-state index contributed by atoms with van der Waals surface area (Å²) in [6, 6.07) is 19.7. The summed E-state index contributed by atoms with van der Waals surface area (Å²) in [5.74, 6) is 0. The molecule has 1 heterocycles. The first-order chi connectivity index (χ1) is 9.01. The van der Waals surface area contributed by atoms with E-state index in [2.05, 4.69) is 82.6 Å². The first-order valence-corrected chi connectivity index (χ1v) is 7.02. The molecular formula is C18H20B. The van der Waals surface area contributed by atoms with Gasteiger partial charge in [0.15, 0.2) is 7.28 Å². The highest BCUT2D eigenvalue weighted by molar-refractivity contribution is 6.58. The second kappa shape index (κ2) is 4.26. The van der Waals surface area contributed by atoms with E-state index in [1.807, 2.05) is 0 Å². The third-order valence-electron chi connectivity index (χ3n) is 4.41. The quantitative estimate of drug-likeness (QED) is 0.675. The van der Waals surface area contributed by atoms with E-state index in [0.717, 1.165) is 6.42 Å². The Morgan fingerprint density at radius 3 is 2.21 bits per heavy atom. The third-order valence-corrected chi connectivity index (χ3v) is 4.41. The Morgan fingerprint density at radius 2 is 1.47 bits per heavy atom. The van der Waals surface area contributed by atoms with Gasteiger partial charge in [0.2, 0.25) is 0 Å². The van der Waals surface area contributed by atoms with Gasteiger partial charge in [-0.1, -0.05) is 80.8 Å². The summed E-state index contributed by atoms with van der Waals surface area (Å²) in [5, 5.41) is 0.124. The van der Waals surface area contributed by atoms with Gasteiger partial charge >= 0.3 is 0 Å². The average molecular weight is 247 g/mol. The molecule has 1 heteroatoms. The Bertz CT molecular complexity index is 586. The van der Waals surface area contributed by atoms with Crippen molar-refractivity contribution in [1.29, 1.82) is 0 Å². The second-order valence-corrected chi connectivity index (χ2v) is 6.58. The number of hydrogen-bond donors (Lipinski definition) is 0. The van der Waals surface area contributed by atoms with E-state index in [-0.39, 0.29) is 10.7 Å². The van der Waals surface area contributed by atoms with E-state index in [1.165, 1.54) is 16.6 Å². The van der Waals surface area contributed by atoms with Crippen molar-refractivity contribution >= 4 is 12.7 Å². The predicted molar refractivity (Wildman–Crippen MR) is 83.3 cm³/mol. The topological polar surface area (TPSA) is 0 Å². The summed E-state index contributed by atoms with van der Waals surface area (Å²) < 4.78 is 0. The van der Waals surface area contributed by atoms with Crippen LogP contribution in [0.3, 0.4) is 0 Å². The maximum absolute atomic E-state index is 2.45. The van der Waals surface area contributed by atoms with Gasteiger partial charge in [-0.15, -0.1) is 0 Å². The van der Waals surface area contributed by atoms with E-state index in [1.54, 1.807) is 0 Å². The van der Waals surface area contributed by atoms with Crippen LogP contribution in [0.2, 0.25) is 0 Å². The van der Waals surface area contributed by atoms with E-state index in [9.17, 15) is 0 Å². The first kappa shape index (κ1) is 12.5. The van der Waals surface area contributed by atoms with Crippen molar-refractivity contribution in [3.8, 4) is 0 Å². The lowest BCUT2D eigenvalue weighted by Crippen LogP contribution is -2.50. The highest BCUT2D eigenvalue weighted by Crippen LogP contribution is 2.41. The molecule has 95 valence electrons. The monoisotopic (exact) mass is 247 g/mol. The number of fused-ring (bicyclic) bond motifs is 1. The molecule has 0 saturated heterocycles. The third kappa shape index (κ3) is 2.12. The van der Waals surface area contributed by atoms with Crippen LogP contribution in [0.1, 0.15) is 38.3 Å². The van der Waals surface area contributed by atoms with E-state index in [0.29, 0.717) is 0 Å². The maximum Gasteiger partial charge on any atom is 0.164 e. The van der Waals surface area contributed by atoms with Gasteiger partial charge in [0.1, 0.15) is 0 Å². The van der Waals surface area contributed by atoms with Gasteiger partial charge < -0.3 is 0 Å². The standard InChI is InChI=1S/C18H20B/c1-17(2)13-18(3,14-9-5-4-6-10-14)19-16-12-8-7-11-15(16)17/h4-12H,13H2,1-3H3. The van der Waals surface area contributed by atoms with Crippen LogP contribution in [0.4, 0.5) is 0 Å². The van der Waals surface area contributed by atoms with E-state index in [4.69, 9.17) is 0 Å². The lowest BCUT2D eigenvalue weighted by Gasteiger charge is -2.44. The zero-order valence-corrected chi connectivity index (χ0v) is 12.0. The van der Waals surface area contributed by atoms with Crippen molar-refractivity contribution in [3.63, 3.8) is 0 Å². The SMILES string of the molecule is CC1(C)CC(C)(c2ccccc2)[B]c2ccccc21. The molecule has 1 aliphatic heterocycles. The second-order valence-electron chi connectivity index (χ2n) is 6.58. The summed E-state index contributed by atoms with van der Waals surface area (Å²) in [5.41, 5.74) is 4.50. The smallest absolute Gasteiger partial charge is 0.0830 e. The molecule has 3 rings (SSSR count). The highest BCUT2D eigenvalue weighted by Gasteiger charge is 2.41. The van der Waals surface area contributed by atoms with Crippen LogP contribution in [0.5, 0.6) is 0 Å². The van der Waals surface area contributed by atoms with Crippen LogP contribution >= 0.6 is 0 Å². The zero-order chi connectivity index (χ0) is 13.5. The minimum Gasteiger partial charge on any atom is -0.0830 e. The molecule has 2 aromatic carbocycles. The molecule has 0 spiro atoms. The van der Waals surface area contributed by atoms with Crippen molar-refractivity contribution in [2.24, 2.45) is 0 Å². The van der Waals surface area contributed by atoms with Gasteiger partial charge in [0.25, 0.3) is 0 Å². The molecule has 0 bridgehead atoms. The Kier molecular flexibility index (Phi) is 2.81. The maximum atomic E-state index is 2.45. The van der Waals surface area contributed by atoms with E-state index < -0.39 is 0 Å². The predicted octanol–water partition coefficient (Wildman–Crippen LogP) is 3.61. The fourth-order valence-corrected chi connectivity index (χ4v) is 3.65. The lowest BCUT2D eigenvalue weighted by atomic mass is 9.38. The van der Waals surface area contributed by atoms with Crippen LogP contribution in [0.15, 0.2) is 54.6 Å². The van der Waals surface area contributed by atoms with Crippen molar-refractivity contribution < 1.29 is 0 Å². The lowest BCUT2D eigenvalue weighted by molar-refractivity contribution is 0.400. The van der Waals surface area contributed by atoms with Crippen molar-refractivity contribution in [2.45, 2.75) is 37.9 Å². The number of rotatable bonds is 1. The summed E-state index contributed by atoms with van der Waals surface area (Å²) in [6.07, 6.45) is 1.15. The average Bonchev–Trinajstić information content (AvgIpc) is 2.39. The van der Waals surface area contributed by atoms with Crippen LogP contribution in [0, 0.1) is 0 Å². The Labute approximate surface area is 117 Å². The molecule has 1 radical (unpaired) electrons. The van der Waals surface area contributed by atoms with Gasteiger partial charge in [-0.25, -0.2) is 0 Å². The first-order valence-electron chi connectivity index (χ1n) is 7.02. The van der Waals surface area contributed by atoms with Crippen LogP contribution in [0.25, 0.3) is 0 Å². The number of hydrogen-bond acceptors (Lipinski definition) is 0. The Hall–Kier alpha value is -1.50. The molecule has 0 aliphatic carbocycles. The largest absolute Gasteiger partial charge is 0.164 e. The summed E-state index contributed by atoms with van der Waals surface area (Å²) in [6.45, 7) is 7.08. The van der Waals surface area contributed by atoms with Gasteiger partial charge in [-0.2, -0.15) is 0 Å². The van der Waals surface area contributed by atoms with Crippen molar-refractivity contribution in [1.82, 2.24) is 0 Å². The van der Waals surface area contributed by atoms with Gasteiger partial charge in [-0.05, 0) is 28.3 Å². The molecule has 0 amide bonds. The molecule has 0 fully saturated rings. The normalized spacial score (nSPS) is 24.4. The molecule has 1 aliphatic rings. The summed E-state index contributed by atoms with van der Waals surface area (Å²) in [7, 11) is 2.45. The fourth-order valence-electron chi connectivity index (χ4n) is 3.65. The van der Waals surface area contributed by atoms with Gasteiger partial charge in [0, 0.05) is 0 Å². The van der Waals surface area contributed by atoms with E-state index >= 15 is 0 Å². The Balaban J connectivity index is 2.10. The van der Waals surface area contributed by atoms with Crippen LogP contribution < -0.4 is 5.46 Å². The van der Waals surface area contributed by atoms with Gasteiger partial charge in [0.05, 0.1) is 0 Å². The fraction of sp³-hybridized carbons (Fsp3) is 0.333. The molecule has 0 saturated carbocycles. The molecule has 1 atom stereocenters. The Morgan fingerprint density at radius 1 is 0.842 bits per heavy atom. The molecule has 0 aromatic heterocycles. The molecular weight excluding hydrogens is 227 g/mol. The summed E-state index contributed by atoms with van der Waals surface area (Å²) >= 11 is 0. The van der Waals surface area contributed by atoms with Crippen molar-refractivity contribution in [2.75, 3.05) is 0 Å². The molecule has 2 aromatic rings. The zero-order valence-electron chi connectivity index (χ0n) is 12.0. The number of benzene rings is 2. The minimum absolute atomic E-state index is 0.124. The van der Waals surface area contributed by atoms with Crippen molar-refractivity contribution in [3.05, 3.63) is 65.7 Å². The van der Waals surface area contributed by atoms with Crippen LogP contribution in [-0.4, -0.2) is 7.28 Å². The minimum atomic E-state index is 0.124. The van der Waals surface area contributed by atoms with Crippen LogP contribution in [-0.2, 0) is 10.7 Å². The molecule has 19 heavy (non-hydrogen) atoms. The van der Waals surface area contributed by atoms with Gasteiger partial charge in [-0.3, -0.25) is 0 Å².